The molecule has 6 rings (SSSR count). The number of carbonyl (C=O) groups is 1. The summed E-state index contributed by atoms with van der Waals surface area (Å²) in [5.41, 5.74) is 6.80. The van der Waals surface area contributed by atoms with Crippen LogP contribution in [0, 0.1) is 0 Å². The zero-order valence-electron chi connectivity index (χ0n) is 19.8. The number of aliphatic imine (C=N–C) groups is 1. The molecule has 2 aromatic heterocycles. The molecule has 0 saturated carbocycles. The monoisotopic (exact) mass is 488 g/mol. The van der Waals surface area contributed by atoms with Crippen LogP contribution in [-0.4, -0.2) is 34.8 Å². The fourth-order valence-electron chi connectivity index (χ4n) is 5.31. The predicted molar refractivity (Wildman–Crippen MR) is 138 cm³/mol. The highest BCUT2D eigenvalue weighted by Crippen LogP contribution is 2.49. The molecule has 2 aromatic rings. The fourth-order valence-corrected chi connectivity index (χ4v) is 6.14. The standard InChI is InChI=1S/C27H28N4O3S/c1-4-33-26(32)25-24-16(13-28-25)23(22-15(3)6-5-7-18(22)29-24)20-10-11-21(34-20)35-27-30-17-9-8-14(2)12-19(17)31-27/h8-13,17,19,23,28-29H,3-7H2,1-2H3,(H,30,31). The molecule has 3 unspecified atom stereocenters. The first kappa shape index (κ1) is 22.1. The maximum absolute atomic E-state index is 12.6. The van der Waals surface area contributed by atoms with Crippen molar-refractivity contribution in [2.75, 3.05) is 11.9 Å². The number of fused-ring (bicyclic) bond motifs is 2. The molecule has 3 N–H and O–H groups in total. The second-order valence-corrected chi connectivity index (χ2v) is 10.2. The summed E-state index contributed by atoms with van der Waals surface area (Å²) in [5, 5.41) is 8.64. The van der Waals surface area contributed by atoms with Crippen LogP contribution in [0.1, 0.15) is 60.8 Å². The number of allylic oxidation sites excluding steroid dienone is 5. The Morgan fingerprint density at radius 1 is 1.34 bits per heavy atom. The van der Waals surface area contributed by atoms with Crippen molar-refractivity contribution in [2.45, 2.75) is 56.2 Å². The van der Waals surface area contributed by atoms with E-state index in [1.54, 1.807) is 0 Å². The molecule has 2 aliphatic carbocycles. The number of rotatable bonds is 4. The van der Waals surface area contributed by atoms with E-state index in [-0.39, 0.29) is 24.0 Å². The van der Waals surface area contributed by atoms with Gasteiger partial charge in [-0.05, 0) is 68.2 Å². The Morgan fingerprint density at radius 2 is 2.23 bits per heavy atom. The van der Waals surface area contributed by atoms with E-state index in [1.165, 1.54) is 17.3 Å². The first-order valence-electron chi connectivity index (χ1n) is 12.1. The largest absolute Gasteiger partial charge is 0.461 e. The van der Waals surface area contributed by atoms with E-state index in [9.17, 15) is 4.79 Å². The van der Waals surface area contributed by atoms with Crippen molar-refractivity contribution in [3.05, 3.63) is 82.6 Å². The summed E-state index contributed by atoms with van der Waals surface area (Å²) in [4.78, 5) is 20.5. The molecule has 0 radical (unpaired) electrons. The highest BCUT2D eigenvalue weighted by molar-refractivity contribution is 8.13. The Labute approximate surface area is 208 Å². The molecular weight excluding hydrogens is 460 g/mol. The molecule has 3 atom stereocenters. The number of aromatic amines is 1. The number of hydrogen-bond donors (Lipinski definition) is 3. The number of aromatic nitrogens is 1. The summed E-state index contributed by atoms with van der Waals surface area (Å²) in [5.74, 6) is 0.323. The van der Waals surface area contributed by atoms with Gasteiger partial charge in [-0.15, -0.1) is 0 Å². The first-order chi connectivity index (χ1) is 17.0. The van der Waals surface area contributed by atoms with Crippen LogP contribution in [0.25, 0.3) is 0 Å². The Hall–Kier alpha value is -3.39. The van der Waals surface area contributed by atoms with Crippen LogP contribution >= 0.6 is 11.8 Å². The zero-order valence-corrected chi connectivity index (χ0v) is 20.6. The molecule has 4 aliphatic rings. The lowest BCUT2D eigenvalue weighted by atomic mass is 9.77. The lowest BCUT2D eigenvalue weighted by Gasteiger charge is -2.33. The third-order valence-corrected chi connectivity index (χ3v) is 7.72. The van der Waals surface area contributed by atoms with Crippen molar-refractivity contribution >= 4 is 28.6 Å². The highest BCUT2D eigenvalue weighted by atomic mass is 32.2. The Morgan fingerprint density at radius 3 is 3.09 bits per heavy atom. The minimum atomic E-state index is -0.362. The number of thioether (sulfide) groups is 1. The Balaban J connectivity index is 1.32. The number of anilines is 1. The van der Waals surface area contributed by atoms with Gasteiger partial charge in [0.1, 0.15) is 11.5 Å². The smallest absolute Gasteiger partial charge is 0.356 e. The van der Waals surface area contributed by atoms with Crippen LogP contribution in [0.2, 0.25) is 0 Å². The van der Waals surface area contributed by atoms with Gasteiger partial charge in [-0.1, -0.05) is 30.4 Å². The molecule has 0 spiro atoms. The van der Waals surface area contributed by atoms with Crippen molar-refractivity contribution in [3.8, 4) is 0 Å². The maximum Gasteiger partial charge on any atom is 0.356 e. The molecule has 180 valence electrons. The Kier molecular flexibility index (Phi) is 5.48. The molecule has 0 bridgehead atoms. The lowest BCUT2D eigenvalue weighted by molar-refractivity contribution is 0.0521. The summed E-state index contributed by atoms with van der Waals surface area (Å²) >= 11 is 1.50. The van der Waals surface area contributed by atoms with Crippen LogP contribution in [-0.2, 0) is 4.74 Å². The van der Waals surface area contributed by atoms with Gasteiger partial charge in [0.25, 0.3) is 0 Å². The van der Waals surface area contributed by atoms with Crippen molar-refractivity contribution in [3.63, 3.8) is 0 Å². The van der Waals surface area contributed by atoms with Gasteiger partial charge in [-0.25, -0.2) is 4.79 Å². The van der Waals surface area contributed by atoms with E-state index < -0.39 is 0 Å². The van der Waals surface area contributed by atoms with Gasteiger partial charge in [0, 0.05) is 17.5 Å². The van der Waals surface area contributed by atoms with Gasteiger partial charge in [-0.2, -0.15) is 0 Å². The molecule has 0 saturated heterocycles. The van der Waals surface area contributed by atoms with E-state index in [4.69, 9.17) is 14.1 Å². The third-order valence-electron chi connectivity index (χ3n) is 6.88. The van der Waals surface area contributed by atoms with Crippen molar-refractivity contribution < 1.29 is 13.9 Å². The maximum atomic E-state index is 12.6. The topological polar surface area (TPSA) is 91.7 Å². The van der Waals surface area contributed by atoms with Crippen molar-refractivity contribution in [2.24, 2.45) is 4.99 Å². The number of esters is 1. The summed E-state index contributed by atoms with van der Waals surface area (Å²) in [6.07, 6.45) is 11.2. The molecule has 2 aliphatic heterocycles. The number of nitrogens with zero attached hydrogens (tertiary/aromatic N) is 1. The molecule has 7 nitrogen and oxygen atoms in total. The molecule has 4 heterocycles. The van der Waals surface area contributed by atoms with Gasteiger partial charge < -0.3 is 24.8 Å². The molecule has 0 aromatic carbocycles. The highest BCUT2D eigenvalue weighted by Gasteiger charge is 2.37. The van der Waals surface area contributed by atoms with E-state index >= 15 is 0 Å². The molecule has 0 fully saturated rings. The van der Waals surface area contributed by atoms with Gasteiger partial charge in [-0.3, -0.25) is 4.99 Å². The summed E-state index contributed by atoms with van der Waals surface area (Å²) in [6.45, 7) is 8.60. The van der Waals surface area contributed by atoms with Gasteiger partial charge >= 0.3 is 5.97 Å². The van der Waals surface area contributed by atoms with Crippen molar-refractivity contribution in [1.29, 1.82) is 0 Å². The van der Waals surface area contributed by atoms with Crippen LogP contribution < -0.4 is 10.6 Å². The quantitative estimate of drug-likeness (QED) is 0.483. The minimum absolute atomic E-state index is 0.127. The van der Waals surface area contributed by atoms with Gasteiger partial charge in [0.05, 0.1) is 30.3 Å². The lowest BCUT2D eigenvalue weighted by Crippen LogP contribution is -2.32. The van der Waals surface area contributed by atoms with Crippen LogP contribution in [0.5, 0.6) is 0 Å². The molecule has 0 amide bonds. The fraction of sp³-hybridized carbons (Fsp3) is 0.333. The number of carbonyl (C=O) groups excluding carboxylic acids is 1. The number of furan rings is 1. The summed E-state index contributed by atoms with van der Waals surface area (Å²) in [7, 11) is 0. The van der Waals surface area contributed by atoms with Crippen molar-refractivity contribution in [1.82, 2.24) is 10.3 Å². The zero-order chi connectivity index (χ0) is 24.1. The number of nitrogens with one attached hydrogen (secondary N) is 3. The molecule has 35 heavy (non-hydrogen) atoms. The third kappa shape index (κ3) is 3.86. The van der Waals surface area contributed by atoms with Gasteiger partial charge in [0.2, 0.25) is 0 Å². The molecular formula is C27H28N4O3S. The van der Waals surface area contributed by atoms with E-state index in [0.717, 1.165) is 63.4 Å². The number of ether oxygens (including phenoxy) is 1. The minimum Gasteiger partial charge on any atom is -0.461 e. The average Bonchev–Trinajstić information content (AvgIpc) is 3.56. The van der Waals surface area contributed by atoms with E-state index in [2.05, 4.69) is 47.3 Å². The van der Waals surface area contributed by atoms with E-state index in [0.29, 0.717) is 12.3 Å². The average molecular weight is 489 g/mol. The first-order valence-corrected chi connectivity index (χ1v) is 12.9. The SMILES string of the molecule is C=C1CCCC2=C1C(c1ccc(SC3=NC4C=CC(C)=CC4N3)o1)c1c[nH]c(C(=O)OCC)c1N2. The second kappa shape index (κ2) is 8.68. The van der Waals surface area contributed by atoms with Gasteiger partial charge in [0.15, 0.2) is 10.3 Å². The summed E-state index contributed by atoms with van der Waals surface area (Å²) < 4.78 is 11.7. The number of amidine groups is 1. The summed E-state index contributed by atoms with van der Waals surface area (Å²) in [6, 6.07) is 4.35. The normalized spacial score (nSPS) is 24.6. The predicted octanol–water partition coefficient (Wildman–Crippen LogP) is 5.64. The second-order valence-electron chi connectivity index (χ2n) is 9.25. The van der Waals surface area contributed by atoms with Crippen LogP contribution in [0.4, 0.5) is 5.69 Å². The van der Waals surface area contributed by atoms with Crippen LogP contribution in [0.3, 0.4) is 0 Å². The Bertz CT molecular complexity index is 1340. The van der Waals surface area contributed by atoms with E-state index in [1.807, 2.05) is 25.3 Å². The number of H-pyrrole nitrogens is 1. The molecule has 8 heteroatoms. The number of hydrogen-bond acceptors (Lipinski definition) is 7. The van der Waals surface area contributed by atoms with Crippen LogP contribution in [0.15, 0.2) is 80.1 Å².